The van der Waals surface area contributed by atoms with Crippen LogP contribution in [0.25, 0.3) is 0 Å². The Balaban J connectivity index is 1.91. The number of nitrogens with one attached hydrogen (secondary N) is 1. The van der Waals surface area contributed by atoms with E-state index in [2.05, 4.69) is 5.32 Å². The maximum atomic E-state index is 12.0. The molecule has 0 spiro atoms. The number of carbonyl (C=O) groups excluding carboxylic acids is 2. The van der Waals surface area contributed by atoms with E-state index in [-0.39, 0.29) is 11.9 Å². The predicted molar refractivity (Wildman–Crippen MR) is 78.7 cm³/mol. The Morgan fingerprint density at radius 2 is 1.86 bits per heavy atom. The van der Waals surface area contributed by atoms with Gasteiger partial charge in [-0.2, -0.15) is 0 Å². The molecule has 5 heteroatoms. The molecular formula is C16H21NO4. The Hall–Kier alpha value is -2.04. The summed E-state index contributed by atoms with van der Waals surface area (Å²) < 4.78 is 10.4. The van der Waals surface area contributed by atoms with E-state index in [1.807, 2.05) is 12.1 Å². The van der Waals surface area contributed by atoms with Gasteiger partial charge < -0.3 is 14.8 Å². The van der Waals surface area contributed by atoms with Gasteiger partial charge in [-0.05, 0) is 30.5 Å². The largest absolute Gasteiger partial charge is 0.493 e. The molecular weight excluding hydrogens is 270 g/mol. The van der Waals surface area contributed by atoms with Gasteiger partial charge in [0.2, 0.25) is 5.91 Å². The monoisotopic (exact) mass is 291 g/mol. The van der Waals surface area contributed by atoms with E-state index >= 15 is 0 Å². The SMILES string of the molecule is COc1ccc(CC(=O)NC2CCC(=O)CC2)cc1OC. The second-order valence-electron chi connectivity index (χ2n) is 5.25. The third-order valence-corrected chi connectivity index (χ3v) is 3.72. The van der Waals surface area contributed by atoms with Crippen LogP contribution in [0.3, 0.4) is 0 Å². The van der Waals surface area contributed by atoms with Gasteiger partial charge in [0.1, 0.15) is 5.78 Å². The van der Waals surface area contributed by atoms with Crippen LogP contribution < -0.4 is 14.8 Å². The molecule has 0 aliphatic heterocycles. The van der Waals surface area contributed by atoms with Crippen LogP contribution in [0.2, 0.25) is 0 Å². The number of benzene rings is 1. The van der Waals surface area contributed by atoms with E-state index in [1.54, 1.807) is 20.3 Å². The molecule has 0 unspecified atom stereocenters. The van der Waals surface area contributed by atoms with E-state index in [1.165, 1.54) is 0 Å². The van der Waals surface area contributed by atoms with Crippen LogP contribution >= 0.6 is 0 Å². The lowest BCUT2D eigenvalue weighted by Gasteiger charge is -2.22. The van der Waals surface area contributed by atoms with Crippen LogP contribution in [-0.2, 0) is 16.0 Å². The van der Waals surface area contributed by atoms with Crippen molar-refractivity contribution in [3.8, 4) is 11.5 Å². The van der Waals surface area contributed by atoms with Crippen molar-refractivity contribution in [2.45, 2.75) is 38.1 Å². The Labute approximate surface area is 124 Å². The average Bonchev–Trinajstić information content (AvgIpc) is 2.49. The molecule has 0 bridgehead atoms. The Bertz CT molecular complexity index is 517. The number of amides is 1. The van der Waals surface area contributed by atoms with Crippen molar-refractivity contribution in [1.82, 2.24) is 5.32 Å². The van der Waals surface area contributed by atoms with E-state index in [0.29, 0.717) is 36.5 Å². The van der Waals surface area contributed by atoms with Crippen LogP contribution in [-0.4, -0.2) is 32.0 Å². The first-order chi connectivity index (χ1) is 10.1. The fraction of sp³-hybridized carbons (Fsp3) is 0.500. The third-order valence-electron chi connectivity index (χ3n) is 3.72. The fourth-order valence-corrected chi connectivity index (χ4v) is 2.54. The van der Waals surface area contributed by atoms with Crippen molar-refractivity contribution in [3.05, 3.63) is 23.8 Å². The lowest BCUT2D eigenvalue weighted by atomic mass is 9.94. The molecule has 1 aliphatic rings. The van der Waals surface area contributed by atoms with Crippen LogP contribution in [0.4, 0.5) is 0 Å². The molecule has 0 heterocycles. The normalized spacial score (nSPS) is 15.6. The maximum absolute atomic E-state index is 12.0. The van der Waals surface area contributed by atoms with Crippen molar-refractivity contribution in [2.24, 2.45) is 0 Å². The highest BCUT2D eigenvalue weighted by Gasteiger charge is 2.20. The van der Waals surface area contributed by atoms with Crippen molar-refractivity contribution >= 4 is 11.7 Å². The molecule has 1 aliphatic carbocycles. The van der Waals surface area contributed by atoms with Gasteiger partial charge in [0.05, 0.1) is 20.6 Å². The molecule has 0 atom stereocenters. The lowest BCUT2D eigenvalue weighted by Crippen LogP contribution is -2.38. The van der Waals surface area contributed by atoms with Crippen LogP contribution in [0.15, 0.2) is 18.2 Å². The Kier molecular flexibility index (Phi) is 5.20. The Morgan fingerprint density at radius 3 is 2.48 bits per heavy atom. The zero-order chi connectivity index (χ0) is 15.2. The smallest absolute Gasteiger partial charge is 0.224 e. The molecule has 2 rings (SSSR count). The van der Waals surface area contributed by atoms with Gasteiger partial charge in [-0.3, -0.25) is 9.59 Å². The predicted octanol–water partition coefficient (Wildman–Crippen LogP) is 1.87. The highest BCUT2D eigenvalue weighted by atomic mass is 16.5. The summed E-state index contributed by atoms with van der Waals surface area (Å²) in [5, 5.41) is 2.99. The molecule has 5 nitrogen and oxygen atoms in total. The minimum atomic E-state index is -0.0263. The summed E-state index contributed by atoms with van der Waals surface area (Å²) in [5.74, 6) is 1.53. The minimum Gasteiger partial charge on any atom is -0.493 e. The number of carbonyl (C=O) groups is 2. The minimum absolute atomic E-state index is 0.0263. The van der Waals surface area contributed by atoms with E-state index in [9.17, 15) is 9.59 Å². The molecule has 0 saturated heterocycles. The number of hydrogen-bond acceptors (Lipinski definition) is 4. The summed E-state index contributed by atoms with van der Waals surface area (Å²) >= 11 is 0. The quantitative estimate of drug-likeness (QED) is 0.899. The first-order valence-corrected chi connectivity index (χ1v) is 7.14. The second kappa shape index (κ2) is 7.11. The summed E-state index contributed by atoms with van der Waals surface area (Å²) in [5.41, 5.74) is 0.872. The standard InChI is InChI=1S/C16H21NO4/c1-20-14-8-3-11(9-15(14)21-2)10-16(19)17-12-4-6-13(18)7-5-12/h3,8-9,12H,4-7,10H2,1-2H3,(H,17,19). The van der Waals surface area contributed by atoms with Crippen LogP contribution in [0, 0.1) is 0 Å². The summed E-state index contributed by atoms with van der Waals surface area (Å²) in [4.78, 5) is 23.2. The zero-order valence-corrected chi connectivity index (χ0v) is 12.5. The molecule has 0 aromatic heterocycles. The van der Waals surface area contributed by atoms with E-state index in [4.69, 9.17) is 9.47 Å². The molecule has 1 amide bonds. The topological polar surface area (TPSA) is 64.6 Å². The van der Waals surface area contributed by atoms with Crippen molar-refractivity contribution in [2.75, 3.05) is 14.2 Å². The first kappa shape index (κ1) is 15.4. The number of Topliss-reactive ketones (excluding diaryl/α,β-unsaturated/α-hetero) is 1. The number of ketones is 1. The summed E-state index contributed by atoms with van der Waals surface area (Å²) in [6, 6.07) is 5.57. The number of hydrogen-bond donors (Lipinski definition) is 1. The fourth-order valence-electron chi connectivity index (χ4n) is 2.54. The summed E-state index contributed by atoms with van der Waals surface area (Å²) in [6.07, 6.45) is 2.93. The zero-order valence-electron chi connectivity index (χ0n) is 12.5. The molecule has 1 aromatic carbocycles. The summed E-state index contributed by atoms with van der Waals surface area (Å²) in [7, 11) is 3.15. The number of ether oxygens (including phenoxy) is 2. The van der Waals surface area contributed by atoms with E-state index in [0.717, 1.165) is 18.4 Å². The number of rotatable bonds is 5. The lowest BCUT2D eigenvalue weighted by molar-refractivity contribution is -0.124. The average molecular weight is 291 g/mol. The molecule has 21 heavy (non-hydrogen) atoms. The maximum Gasteiger partial charge on any atom is 0.224 e. The molecule has 114 valence electrons. The second-order valence-corrected chi connectivity index (χ2v) is 5.25. The molecule has 0 radical (unpaired) electrons. The molecule has 1 saturated carbocycles. The highest BCUT2D eigenvalue weighted by molar-refractivity contribution is 5.81. The van der Waals surface area contributed by atoms with E-state index < -0.39 is 0 Å². The highest BCUT2D eigenvalue weighted by Crippen LogP contribution is 2.27. The molecule has 1 aromatic rings. The van der Waals surface area contributed by atoms with Crippen molar-refractivity contribution in [3.63, 3.8) is 0 Å². The van der Waals surface area contributed by atoms with Gasteiger partial charge in [0.15, 0.2) is 11.5 Å². The Morgan fingerprint density at radius 1 is 1.19 bits per heavy atom. The summed E-state index contributed by atoms with van der Waals surface area (Å²) in [6.45, 7) is 0. The molecule has 1 fully saturated rings. The van der Waals surface area contributed by atoms with Crippen LogP contribution in [0.5, 0.6) is 11.5 Å². The van der Waals surface area contributed by atoms with Gasteiger partial charge >= 0.3 is 0 Å². The van der Waals surface area contributed by atoms with Gasteiger partial charge in [-0.1, -0.05) is 6.07 Å². The van der Waals surface area contributed by atoms with Gasteiger partial charge in [0, 0.05) is 18.9 Å². The van der Waals surface area contributed by atoms with Gasteiger partial charge in [-0.25, -0.2) is 0 Å². The van der Waals surface area contributed by atoms with Crippen molar-refractivity contribution in [1.29, 1.82) is 0 Å². The first-order valence-electron chi connectivity index (χ1n) is 7.14. The van der Waals surface area contributed by atoms with Crippen LogP contribution in [0.1, 0.15) is 31.2 Å². The molecule has 1 N–H and O–H groups in total. The third kappa shape index (κ3) is 4.21. The van der Waals surface area contributed by atoms with Gasteiger partial charge in [0.25, 0.3) is 0 Å². The van der Waals surface area contributed by atoms with Gasteiger partial charge in [-0.15, -0.1) is 0 Å². The number of methoxy groups -OCH3 is 2. The van der Waals surface area contributed by atoms with Crippen molar-refractivity contribution < 1.29 is 19.1 Å².